The van der Waals surface area contributed by atoms with Crippen LogP contribution >= 0.6 is 23.2 Å². The number of methoxy groups -OCH3 is 1. The largest absolute Gasteiger partial charge is 0.493 e. The van der Waals surface area contributed by atoms with Crippen LogP contribution in [0, 0.1) is 0 Å². The topological polar surface area (TPSA) is 30.5 Å². The monoisotopic (exact) mass is 443 g/mol. The molecule has 0 fully saturated rings. The van der Waals surface area contributed by atoms with Crippen molar-refractivity contribution >= 4 is 23.2 Å². The van der Waals surface area contributed by atoms with Gasteiger partial charge in [-0.05, 0) is 55.2 Å². The summed E-state index contributed by atoms with van der Waals surface area (Å²) in [4.78, 5) is 0. The van der Waals surface area contributed by atoms with Crippen LogP contribution in [0.5, 0.6) is 11.5 Å². The smallest absolute Gasteiger partial charge is 0.161 e. The first-order chi connectivity index (χ1) is 14.6. The summed E-state index contributed by atoms with van der Waals surface area (Å²) in [5.74, 6) is 1.35. The molecular formula is C25H27Cl2NO2. The second-order valence-electron chi connectivity index (χ2n) is 7.28. The molecule has 0 unspecified atom stereocenters. The number of ether oxygens (including phenoxy) is 2. The van der Waals surface area contributed by atoms with E-state index in [-0.39, 0.29) is 6.61 Å². The molecule has 3 aromatic rings. The highest BCUT2D eigenvalue weighted by molar-refractivity contribution is 6.35. The van der Waals surface area contributed by atoms with E-state index in [4.69, 9.17) is 32.7 Å². The Morgan fingerprint density at radius 2 is 1.60 bits per heavy atom. The van der Waals surface area contributed by atoms with Crippen LogP contribution in [0.3, 0.4) is 0 Å². The summed E-state index contributed by atoms with van der Waals surface area (Å²) in [5.41, 5.74) is 3.27. The standard InChI is InChI=1S/C25H27Cl2NO2/c1-18(11-12-19-7-4-3-5-8-19)28-16-20-13-14-24(25(15-20)29-2)30-17-21-22(26)9-6-10-23(21)27/h3-10,13-15,18,28H,11-12,16-17H2,1-2H3/t18-/m0/s1. The number of aryl methyl sites for hydroxylation is 1. The molecule has 30 heavy (non-hydrogen) atoms. The van der Waals surface area contributed by atoms with Gasteiger partial charge in [0.05, 0.1) is 7.11 Å². The molecule has 0 saturated heterocycles. The summed E-state index contributed by atoms with van der Waals surface area (Å²) in [7, 11) is 1.64. The minimum Gasteiger partial charge on any atom is -0.493 e. The lowest BCUT2D eigenvalue weighted by Crippen LogP contribution is -2.26. The lowest BCUT2D eigenvalue weighted by Gasteiger charge is -2.16. The Labute approximate surface area is 188 Å². The second kappa shape index (κ2) is 11.3. The van der Waals surface area contributed by atoms with Gasteiger partial charge in [0.1, 0.15) is 6.61 Å². The first kappa shape index (κ1) is 22.5. The number of rotatable bonds is 10. The van der Waals surface area contributed by atoms with Crippen LogP contribution in [-0.2, 0) is 19.6 Å². The zero-order chi connectivity index (χ0) is 21.3. The Hall–Kier alpha value is -2.20. The van der Waals surface area contributed by atoms with Crippen molar-refractivity contribution in [3.05, 3.63) is 93.5 Å². The maximum atomic E-state index is 6.23. The molecule has 0 aliphatic heterocycles. The Balaban J connectivity index is 1.54. The van der Waals surface area contributed by atoms with Gasteiger partial charge in [-0.3, -0.25) is 0 Å². The minimum atomic E-state index is 0.281. The van der Waals surface area contributed by atoms with E-state index in [0.29, 0.717) is 27.6 Å². The molecule has 0 spiro atoms. The van der Waals surface area contributed by atoms with E-state index in [9.17, 15) is 0 Å². The number of hydrogen-bond donors (Lipinski definition) is 1. The average molecular weight is 444 g/mol. The highest BCUT2D eigenvalue weighted by atomic mass is 35.5. The summed E-state index contributed by atoms with van der Waals surface area (Å²) in [6.45, 7) is 3.26. The molecule has 0 aromatic heterocycles. The molecule has 5 heteroatoms. The Bertz CT molecular complexity index is 927. The van der Waals surface area contributed by atoms with Crippen molar-refractivity contribution in [1.82, 2.24) is 5.32 Å². The molecule has 0 aliphatic rings. The van der Waals surface area contributed by atoms with Gasteiger partial charge in [0.15, 0.2) is 11.5 Å². The second-order valence-corrected chi connectivity index (χ2v) is 8.09. The average Bonchev–Trinajstić information content (AvgIpc) is 2.77. The molecule has 3 nitrogen and oxygen atoms in total. The van der Waals surface area contributed by atoms with Crippen LogP contribution in [0.25, 0.3) is 0 Å². The lowest BCUT2D eigenvalue weighted by molar-refractivity contribution is 0.284. The number of halogens is 2. The first-order valence-electron chi connectivity index (χ1n) is 10.1. The summed E-state index contributed by atoms with van der Waals surface area (Å²) in [5, 5.41) is 4.76. The van der Waals surface area contributed by atoms with Crippen molar-refractivity contribution in [2.24, 2.45) is 0 Å². The van der Waals surface area contributed by atoms with Gasteiger partial charge in [-0.2, -0.15) is 0 Å². The third-order valence-electron chi connectivity index (χ3n) is 5.03. The molecule has 0 saturated carbocycles. The SMILES string of the molecule is COc1cc(CN[C@@H](C)CCc2ccccc2)ccc1OCc1c(Cl)cccc1Cl. The van der Waals surface area contributed by atoms with Crippen molar-refractivity contribution in [1.29, 1.82) is 0 Å². The zero-order valence-electron chi connectivity index (χ0n) is 17.3. The van der Waals surface area contributed by atoms with Gasteiger partial charge in [-0.15, -0.1) is 0 Å². The van der Waals surface area contributed by atoms with Gasteiger partial charge in [0, 0.05) is 28.2 Å². The van der Waals surface area contributed by atoms with Crippen LogP contribution < -0.4 is 14.8 Å². The third-order valence-corrected chi connectivity index (χ3v) is 5.73. The quantitative estimate of drug-likeness (QED) is 0.378. The minimum absolute atomic E-state index is 0.281. The van der Waals surface area contributed by atoms with Crippen molar-refractivity contribution in [2.75, 3.05) is 7.11 Å². The Kier molecular flexibility index (Phi) is 8.44. The molecule has 158 valence electrons. The fourth-order valence-corrected chi connectivity index (χ4v) is 3.69. The van der Waals surface area contributed by atoms with E-state index in [1.165, 1.54) is 5.56 Å². The predicted molar refractivity (Wildman–Crippen MR) is 125 cm³/mol. The summed E-state index contributed by atoms with van der Waals surface area (Å²) in [6, 6.07) is 22.4. The summed E-state index contributed by atoms with van der Waals surface area (Å²) in [6.07, 6.45) is 2.15. The molecular weight excluding hydrogens is 417 g/mol. The molecule has 0 bridgehead atoms. The summed E-state index contributed by atoms with van der Waals surface area (Å²) >= 11 is 12.5. The fourth-order valence-electron chi connectivity index (χ4n) is 3.18. The Morgan fingerprint density at radius 1 is 0.867 bits per heavy atom. The van der Waals surface area contributed by atoms with Crippen molar-refractivity contribution in [3.8, 4) is 11.5 Å². The first-order valence-corrected chi connectivity index (χ1v) is 10.8. The maximum absolute atomic E-state index is 6.23. The lowest BCUT2D eigenvalue weighted by atomic mass is 10.1. The molecule has 0 radical (unpaired) electrons. The van der Waals surface area contributed by atoms with Gasteiger partial charge in [0.25, 0.3) is 0 Å². The van der Waals surface area contributed by atoms with E-state index < -0.39 is 0 Å². The van der Waals surface area contributed by atoms with Gasteiger partial charge in [0.2, 0.25) is 0 Å². The summed E-state index contributed by atoms with van der Waals surface area (Å²) < 4.78 is 11.5. The number of benzene rings is 3. The van der Waals surface area contributed by atoms with E-state index in [2.05, 4.69) is 42.6 Å². The van der Waals surface area contributed by atoms with Crippen LogP contribution in [-0.4, -0.2) is 13.2 Å². The molecule has 3 aromatic carbocycles. The van der Waals surface area contributed by atoms with Gasteiger partial charge in [-0.25, -0.2) is 0 Å². The Morgan fingerprint density at radius 3 is 2.30 bits per heavy atom. The van der Waals surface area contributed by atoms with Crippen molar-refractivity contribution in [3.63, 3.8) is 0 Å². The maximum Gasteiger partial charge on any atom is 0.161 e. The normalized spacial score (nSPS) is 11.9. The molecule has 3 rings (SSSR count). The van der Waals surface area contributed by atoms with Crippen molar-refractivity contribution in [2.45, 2.75) is 39.0 Å². The van der Waals surface area contributed by atoms with Gasteiger partial charge < -0.3 is 14.8 Å². The zero-order valence-corrected chi connectivity index (χ0v) is 18.8. The van der Waals surface area contributed by atoms with E-state index >= 15 is 0 Å². The molecule has 0 heterocycles. The van der Waals surface area contributed by atoms with Crippen LogP contribution in [0.15, 0.2) is 66.7 Å². The molecule has 0 aliphatic carbocycles. The van der Waals surface area contributed by atoms with Gasteiger partial charge >= 0.3 is 0 Å². The molecule has 0 amide bonds. The van der Waals surface area contributed by atoms with Crippen molar-refractivity contribution < 1.29 is 9.47 Å². The molecule has 1 atom stereocenters. The van der Waals surface area contributed by atoms with E-state index in [1.54, 1.807) is 19.2 Å². The third kappa shape index (κ3) is 6.40. The highest BCUT2D eigenvalue weighted by Gasteiger charge is 2.11. The van der Waals surface area contributed by atoms with Crippen LogP contribution in [0.1, 0.15) is 30.0 Å². The van der Waals surface area contributed by atoms with E-state index in [1.807, 2.05) is 24.3 Å². The highest BCUT2D eigenvalue weighted by Crippen LogP contribution is 2.31. The van der Waals surface area contributed by atoms with E-state index in [0.717, 1.165) is 30.5 Å². The number of nitrogens with one attached hydrogen (secondary N) is 1. The van der Waals surface area contributed by atoms with Crippen LogP contribution in [0.2, 0.25) is 10.0 Å². The molecule has 1 N–H and O–H groups in total. The van der Waals surface area contributed by atoms with Gasteiger partial charge in [-0.1, -0.05) is 65.7 Å². The fraction of sp³-hybridized carbons (Fsp3) is 0.280. The van der Waals surface area contributed by atoms with Crippen LogP contribution in [0.4, 0.5) is 0 Å². The number of hydrogen-bond acceptors (Lipinski definition) is 3. The predicted octanol–water partition coefficient (Wildman–Crippen LogP) is 6.69.